The molecule has 0 bridgehead atoms. The van der Waals surface area contributed by atoms with Gasteiger partial charge in [-0.2, -0.15) is 0 Å². The summed E-state index contributed by atoms with van der Waals surface area (Å²) in [6.45, 7) is 1.95. The summed E-state index contributed by atoms with van der Waals surface area (Å²) in [6, 6.07) is 8.35. The molecule has 0 radical (unpaired) electrons. The highest BCUT2D eigenvalue weighted by molar-refractivity contribution is 8.06. The fourth-order valence-corrected chi connectivity index (χ4v) is 5.92. The molecule has 2 aliphatic rings. The number of fused-ring (bicyclic) bond motifs is 1. The number of amides is 2. The van der Waals surface area contributed by atoms with Crippen molar-refractivity contribution in [3.05, 3.63) is 52.3 Å². The molecule has 11 nitrogen and oxygen atoms in total. The van der Waals surface area contributed by atoms with E-state index >= 15 is 0 Å². The van der Waals surface area contributed by atoms with Crippen LogP contribution in [-0.4, -0.2) is 72.7 Å². The van der Waals surface area contributed by atoms with Gasteiger partial charge in [0, 0.05) is 10.7 Å². The third-order valence-electron chi connectivity index (χ3n) is 5.00. The highest BCUT2D eigenvalue weighted by atomic mass is 32.2. The molecular weight excluding hydrogens is 482 g/mol. The van der Waals surface area contributed by atoms with Crippen LogP contribution in [0.25, 0.3) is 0 Å². The molecule has 0 spiro atoms. The first-order chi connectivity index (χ1) is 16.4. The number of esters is 1. The fraction of sp³-hybridized carbons (Fsp3) is 0.333. The Kier molecular flexibility index (Phi) is 7.22. The number of nitrogens with zero attached hydrogens (tertiary/aromatic N) is 3. The van der Waals surface area contributed by atoms with E-state index in [0.29, 0.717) is 16.5 Å². The van der Waals surface area contributed by atoms with Crippen LogP contribution in [-0.2, 0) is 36.8 Å². The Morgan fingerprint density at radius 2 is 2.06 bits per heavy atom. The summed E-state index contributed by atoms with van der Waals surface area (Å²) in [5, 5.41) is 18.9. The van der Waals surface area contributed by atoms with Crippen LogP contribution in [0.2, 0.25) is 0 Å². The standard InChI is InChI=1S/C21H21N5O6S2/c1-2-32-15(28)9-13-22-21(25-24-13)34-12-10-33-19-16(18(29)26(19)17(12)20(30)31)23-14(27)8-11-6-4-3-5-7-11/h3-7,16,19H,2,8-10H2,1H3,(H,23,27)(H,30,31)(H,22,24,25)/t16-,19-/m1/s1. The van der Waals surface area contributed by atoms with Gasteiger partial charge in [-0.15, -0.1) is 16.9 Å². The topological polar surface area (TPSA) is 155 Å². The van der Waals surface area contributed by atoms with E-state index in [4.69, 9.17) is 4.74 Å². The number of hydrogen-bond donors (Lipinski definition) is 3. The first-order valence-electron chi connectivity index (χ1n) is 10.4. The third-order valence-corrected chi connectivity index (χ3v) is 7.41. The summed E-state index contributed by atoms with van der Waals surface area (Å²) in [5.41, 5.74) is 0.669. The highest BCUT2D eigenvalue weighted by Crippen LogP contribution is 2.44. The van der Waals surface area contributed by atoms with Crippen molar-refractivity contribution < 1.29 is 29.0 Å². The first-order valence-corrected chi connectivity index (χ1v) is 12.2. The lowest BCUT2D eigenvalue weighted by atomic mass is 10.0. The number of carboxylic acid groups (broad SMARTS) is 1. The van der Waals surface area contributed by atoms with Crippen LogP contribution in [0.15, 0.2) is 46.1 Å². The molecule has 4 rings (SSSR count). The molecule has 1 fully saturated rings. The molecule has 2 aliphatic heterocycles. The second-order valence-electron chi connectivity index (χ2n) is 7.34. The van der Waals surface area contributed by atoms with Gasteiger partial charge in [0.25, 0.3) is 5.91 Å². The Morgan fingerprint density at radius 1 is 1.29 bits per heavy atom. The van der Waals surface area contributed by atoms with Crippen molar-refractivity contribution in [2.75, 3.05) is 12.4 Å². The van der Waals surface area contributed by atoms with Crippen molar-refractivity contribution in [3.8, 4) is 0 Å². The van der Waals surface area contributed by atoms with E-state index < -0.39 is 29.3 Å². The van der Waals surface area contributed by atoms with Crippen LogP contribution in [0, 0.1) is 0 Å². The van der Waals surface area contributed by atoms with Gasteiger partial charge in [0.2, 0.25) is 11.1 Å². The van der Waals surface area contributed by atoms with Crippen LogP contribution in [0.4, 0.5) is 0 Å². The predicted molar refractivity (Wildman–Crippen MR) is 122 cm³/mol. The van der Waals surface area contributed by atoms with Gasteiger partial charge in [0.05, 0.1) is 13.0 Å². The second-order valence-corrected chi connectivity index (χ2v) is 9.51. The number of carbonyl (C=O) groups excluding carboxylic acids is 3. The number of aliphatic carboxylic acids is 1. The minimum atomic E-state index is -1.25. The van der Waals surface area contributed by atoms with Gasteiger partial charge < -0.3 is 15.2 Å². The monoisotopic (exact) mass is 503 g/mol. The maximum absolute atomic E-state index is 12.8. The first kappa shape index (κ1) is 23.8. The average Bonchev–Trinajstić information content (AvgIpc) is 3.24. The second kappa shape index (κ2) is 10.3. The maximum Gasteiger partial charge on any atom is 0.353 e. The Morgan fingerprint density at radius 3 is 2.76 bits per heavy atom. The number of thioether (sulfide) groups is 2. The minimum absolute atomic E-state index is 0.0853. The molecule has 2 aromatic rings. The molecule has 1 aromatic heterocycles. The number of carbonyl (C=O) groups is 4. The van der Waals surface area contributed by atoms with Crippen molar-refractivity contribution in [3.63, 3.8) is 0 Å². The number of rotatable bonds is 9. The zero-order chi connectivity index (χ0) is 24.2. The summed E-state index contributed by atoms with van der Waals surface area (Å²) in [4.78, 5) is 54.6. The van der Waals surface area contributed by atoms with Crippen LogP contribution in [0.3, 0.4) is 0 Å². The number of benzene rings is 1. The molecule has 13 heteroatoms. The van der Waals surface area contributed by atoms with E-state index in [0.717, 1.165) is 17.3 Å². The van der Waals surface area contributed by atoms with Gasteiger partial charge in [-0.3, -0.25) is 24.4 Å². The van der Waals surface area contributed by atoms with Crippen LogP contribution >= 0.6 is 23.5 Å². The largest absolute Gasteiger partial charge is 0.477 e. The average molecular weight is 504 g/mol. The number of nitrogens with one attached hydrogen (secondary N) is 2. The van der Waals surface area contributed by atoms with E-state index in [2.05, 4.69) is 20.5 Å². The van der Waals surface area contributed by atoms with Crippen molar-refractivity contribution in [2.24, 2.45) is 0 Å². The molecule has 1 aromatic carbocycles. The quantitative estimate of drug-likeness (QED) is 0.333. The SMILES string of the molecule is CCOC(=O)Cc1nc(SC2=C(C(=O)O)N3C(=O)[C@@H](NC(=O)Cc4ccccc4)[C@H]3SC2)n[nH]1. The maximum atomic E-state index is 12.8. The molecule has 0 unspecified atom stereocenters. The van der Waals surface area contributed by atoms with Crippen LogP contribution in [0.5, 0.6) is 0 Å². The smallest absolute Gasteiger partial charge is 0.353 e. The third kappa shape index (κ3) is 5.09. The molecule has 2 amide bonds. The lowest BCUT2D eigenvalue weighted by molar-refractivity contribution is -0.150. The van der Waals surface area contributed by atoms with Crippen molar-refractivity contribution >= 4 is 47.3 Å². The van der Waals surface area contributed by atoms with Crippen LogP contribution < -0.4 is 5.32 Å². The number of ether oxygens (including phenoxy) is 1. The summed E-state index contributed by atoms with van der Waals surface area (Å²) in [5.74, 6) is -1.90. The Bertz CT molecular complexity index is 1150. The van der Waals surface area contributed by atoms with E-state index in [1.165, 1.54) is 16.7 Å². The van der Waals surface area contributed by atoms with E-state index in [-0.39, 0.29) is 36.2 Å². The van der Waals surface area contributed by atoms with E-state index in [1.54, 1.807) is 6.92 Å². The Labute approximate surface area is 202 Å². The molecule has 3 heterocycles. The Balaban J connectivity index is 1.43. The summed E-state index contributed by atoms with van der Waals surface area (Å²) >= 11 is 2.37. The van der Waals surface area contributed by atoms with Crippen LogP contribution in [0.1, 0.15) is 18.3 Å². The van der Waals surface area contributed by atoms with Crippen molar-refractivity contribution in [2.45, 2.75) is 36.3 Å². The fourth-order valence-electron chi connectivity index (χ4n) is 3.54. The van der Waals surface area contributed by atoms with Gasteiger partial charge in [-0.1, -0.05) is 30.3 Å². The molecule has 1 saturated heterocycles. The number of aromatic nitrogens is 3. The van der Waals surface area contributed by atoms with E-state index in [9.17, 15) is 24.3 Å². The number of aromatic amines is 1. The highest BCUT2D eigenvalue weighted by Gasteiger charge is 2.54. The predicted octanol–water partition coefficient (Wildman–Crippen LogP) is 0.941. The Hall–Kier alpha value is -3.32. The molecule has 0 aliphatic carbocycles. The number of β-lactam (4-membered cyclic amide) rings is 1. The van der Waals surface area contributed by atoms with Gasteiger partial charge in [0.15, 0.2) is 0 Å². The number of carboxylic acids is 1. The molecule has 34 heavy (non-hydrogen) atoms. The van der Waals surface area contributed by atoms with Crippen molar-refractivity contribution in [1.29, 1.82) is 0 Å². The number of hydrogen-bond acceptors (Lipinski definition) is 9. The summed E-state index contributed by atoms with van der Waals surface area (Å²) < 4.78 is 4.87. The molecule has 3 N–H and O–H groups in total. The van der Waals surface area contributed by atoms with Gasteiger partial charge in [-0.25, -0.2) is 9.78 Å². The lowest BCUT2D eigenvalue weighted by Gasteiger charge is -2.49. The lowest BCUT2D eigenvalue weighted by Crippen LogP contribution is -2.70. The van der Waals surface area contributed by atoms with Crippen molar-refractivity contribution in [1.82, 2.24) is 25.4 Å². The number of H-pyrrole nitrogens is 1. The normalized spacial score (nSPS) is 19.3. The summed E-state index contributed by atoms with van der Waals surface area (Å²) in [6.07, 6.45) is 0.0434. The molecule has 178 valence electrons. The van der Waals surface area contributed by atoms with E-state index in [1.807, 2.05) is 30.3 Å². The van der Waals surface area contributed by atoms with Gasteiger partial charge >= 0.3 is 11.9 Å². The zero-order valence-corrected chi connectivity index (χ0v) is 19.6. The molecule has 2 atom stereocenters. The summed E-state index contributed by atoms with van der Waals surface area (Å²) in [7, 11) is 0. The van der Waals surface area contributed by atoms with Gasteiger partial charge in [-0.05, 0) is 24.2 Å². The van der Waals surface area contributed by atoms with Gasteiger partial charge in [0.1, 0.15) is 29.4 Å². The molecular formula is C21H21N5O6S2. The molecule has 0 saturated carbocycles. The minimum Gasteiger partial charge on any atom is -0.477 e. The zero-order valence-electron chi connectivity index (χ0n) is 18.0.